The van der Waals surface area contributed by atoms with Crippen molar-refractivity contribution in [2.45, 2.75) is 25.8 Å². The molecule has 1 N–H and O–H groups in total. The Hall–Kier alpha value is -1.63. The van der Waals surface area contributed by atoms with E-state index in [0.29, 0.717) is 19.6 Å². The van der Waals surface area contributed by atoms with Gasteiger partial charge in [0.05, 0.1) is 32.7 Å². The number of hydrogen-bond acceptors (Lipinski definition) is 6. The maximum atomic E-state index is 12.0. The predicted molar refractivity (Wildman–Crippen MR) is 68.7 cm³/mol. The number of esters is 2. The first kappa shape index (κ1) is 16.4. The van der Waals surface area contributed by atoms with E-state index in [1.807, 2.05) is 0 Å². The van der Waals surface area contributed by atoms with Crippen LogP contribution in [0, 0.1) is 11.8 Å². The first-order chi connectivity index (χ1) is 9.49. The number of carbonyl (C=O) groups is 3. The fraction of sp³-hybridized carbons (Fsp3) is 0.769. The minimum Gasteiger partial charge on any atom is -0.469 e. The van der Waals surface area contributed by atoms with Crippen LogP contribution in [0.1, 0.15) is 19.8 Å². The lowest BCUT2D eigenvalue weighted by Crippen LogP contribution is -2.45. The molecule has 0 aliphatic carbocycles. The van der Waals surface area contributed by atoms with E-state index in [4.69, 9.17) is 4.74 Å². The lowest BCUT2D eigenvalue weighted by molar-refractivity contribution is -0.149. The Balaban J connectivity index is 2.61. The van der Waals surface area contributed by atoms with E-state index in [1.54, 1.807) is 6.92 Å². The van der Waals surface area contributed by atoms with E-state index in [-0.39, 0.29) is 18.2 Å². The highest BCUT2D eigenvalue weighted by molar-refractivity contribution is 5.86. The fourth-order valence-electron chi connectivity index (χ4n) is 2.04. The van der Waals surface area contributed by atoms with Gasteiger partial charge in [-0.1, -0.05) is 6.92 Å². The van der Waals surface area contributed by atoms with E-state index in [2.05, 4.69) is 14.8 Å². The van der Waals surface area contributed by atoms with Crippen LogP contribution in [0.15, 0.2) is 0 Å². The SMILES string of the molecule is COC(=O)[C@H](C)C[C@H](NC(=O)[C@H]1CCOC1)C(=O)OC. The topological polar surface area (TPSA) is 90.9 Å². The highest BCUT2D eigenvalue weighted by Crippen LogP contribution is 2.14. The van der Waals surface area contributed by atoms with Gasteiger partial charge in [-0.05, 0) is 12.8 Å². The average Bonchev–Trinajstić information content (AvgIpc) is 2.98. The van der Waals surface area contributed by atoms with E-state index in [0.717, 1.165) is 0 Å². The predicted octanol–water partition coefficient (Wildman–Crippen LogP) is -0.120. The molecule has 3 atom stereocenters. The van der Waals surface area contributed by atoms with E-state index in [1.165, 1.54) is 14.2 Å². The number of amides is 1. The molecule has 1 rings (SSSR count). The second kappa shape index (κ2) is 7.84. The zero-order valence-corrected chi connectivity index (χ0v) is 12.0. The summed E-state index contributed by atoms with van der Waals surface area (Å²) in [6.45, 7) is 2.53. The normalized spacial score (nSPS) is 20.9. The second-order valence-corrected chi connectivity index (χ2v) is 4.80. The molecule has 0 aromatic carbocycles. The summed E-state index contributed by atoms with van der Waals surface area (Å²) in [5, 5.41) is 2.62. The smallest absolute Gasteiger partial charge is 0.328 e. The maximum Gasteiger partial charge on any atom is 0.328 e. The molecule has 20 heavy (non-hydrogen) atoms. The van der Waals surface area contributed by atoms with Crippen molar-refractivity contribution >= 4 is 17.8 Å². The quantitative estimate of drug-likeness (QED) is 0.685. The minimum absolute atomic E-state index is 0.138. The lowest BCUT2D eigenvalue weighted by Gasteiger charge is -2.20. The van der Waals surface area contributed by atoms with Gasteiger partial charge in [0.15, 0.2) is 0 Å². The third-order valence-electron chi connectivity index (χ3n) is 3.30. The van der Waals surface area contributed by atoms with Crippen LogP contribution in [-0.4, -0.2) is 51.3 Å². The van der Waals surface area contributed by atoms with Gasteiger partial charge in [0.1, 0.15) is 6.04 Å². The van der Waals surface area contributed by atoms with Gasteiger partial charge in [0, 0.05) is 6.61 Å². The van der Waals surface area contributed by atoms with E-state index >= 15 is 0 Å². The Morgan fingerprint density at radius 1 is 1.25 bits per heavy atom. The van der Waals surface area contributed by atoms with Gasteiger partial charge in [-0.15, -0.1) is 0 Å². The van der Waals surface area contributed by atoms with Crippen molar-refractivity contribution in [2.75, 3.05) is 27.4 Å². The summed E-state index contributed by atoms with van der Waals surface area (Å²) >= 11 is 0. The third kappa shape index (κ3) is 4.48. The molecule has 0 spiro atoms. The second-order valence-electron chi connectivity index (χ2n) is 4.80. The number of nitrogens with one attached hydrogen (secondary N) is 1. The summed E-state index contributed by atoms with van der Waals surface area (Å²) in [6.07, 6.45) is 0.769. The molecule has 1 aliphatic heterocycles. The summed E-state index contributed by atoms with van der Waals surface area (Å²) in [7, 11) is 2.52. The Morgan fingerprint density at radius 2 is 1.90 bits per heavy atom. The van der Waals surface area contributed by atoms with Gasteiger partial charge in [-0.25, -0.2) is 4.79 Å². The molecular weight excluding hydrogens is 266 g/mol. The Bertz CT molecular complexity index is 364. The van der Waals surface area contributed by atoms with Crippen LogP contribution in [0.4, 0.5) is 0 Å². The van der Waals surface area contributed by atoms with Crippen molar-refractivity contribution in [3.8, 4) is 0 Å². The molecule has 0 radical (unpaired) electrons. The fourth-order valence-corrected chi connectivity index (χ4v) is 2.04. The monoisotopic (exact) mass is 287 g/mol. The lowest BCUT2D eigenvalue weighted by atomic mass is 10.0. The first-order valence-corrected chi connectivity index (χ1v) is 6.53. The van der Waals surface area contributed by atoms with Crippen LogP contribution in [0.3, 0.4) is 0 Å². The minimum atomic E-state index is -0.859. The van der Waals surface area contributed by atoms with Gasteiger partial charge in [-0.3, -0.25) is 9.59 Å². The largest absolute Gasteiger partial charge is 0.469 e. The molecule has 0 aromatic rings. The van der Waals surface area contributed by atoms with Crippen molar-refractivity contribution in [1.82, 2.24) is 5.32 Å². The number of carbonyl (C=O) groups excluding carboxylic acids is 3. The molecule has 1 saturated heterocycles. The van der Waals surface area contributed by atoms with Crippen LogP contribution in [0.5, 0.6) is 0 Å². The zero-order chi connectivity index (χ0) is 15.1. The molecule has 1 fully saturated rings. The van der Waals surface area contributed by atoms with Crippen LogP contribution >= 0.6 is 0 Å². The Morgan fingerprint density at radius 3 is 2.40 bits per heavy atom. The van der Waals surface area contributed by atoms with Gasteiger partial charge < -0.3 is 19.5 Å². The van der Waals surface area contributed by atoms with Gasteiger partial charge in [0.2, 0.25) is 5.91 Å². The molecule has 0 aromatic heterocycles. The molecule has 1 amide bonds. The molecule has 1 aliphatic rings. The van der Waals surface area contributed by atoms with Crippen molar-refractivity contribution in [2.24, 2.45) is 11.8 Å². The van der Waals surface area contributed by atoms with Crippen LogP contribution < -0.4 is 5.32 Å². The molecular formula is C13H21NO6. The van der Waals surface area contributed by atoms with Crippen LogP contribution in [0.25, 0.3) is 0 Å². The number of rotatable bonds is 6. The van der Waals surface area contributed by atoms with Gasteiger partial charge >= 0.3 is 11.9 Å². The highest BCUT2D eigenvalue weighted by atomic mass is 16.5. The Labute approximate surface area is 117 Å². The average molecular weight is 287 g/mol. The third-order valence-corrected chi connectivity index (χ3v) is 3.30. The first-order valence-electron chi connectivity index (χ1n) is 6.53. The molecule has 0 bridgehead atoms. The molecule has 0 saturated carbocycles. The maximum absolute atomic E-state index is 12.0. The van der Waals surface area contributed by atoms with Gasteiger partial charge in [-0.2, -0.15) is 0 Å². The highest BCUT2D eigenvalue weighted by Gasteiger charge is 2.31. The standard InChI is InChI=1S/C13H21NO6/c1-8(12(16)18-2)6-10(13(17)19-3)14-11(15)9-4-5-20-7-9/h8-10H,4-7H2,1-3H3,(H,14,15)/t8-,9+,10+/m1/s1. The summed E-state index contributed by atoms with van der Waals surface area (Å²) in [4.78, 5) is 35.1. The number of hydrogen-bond donors (Lipinski definition) is 1. The summed E-state index contributed by atoms with van der Waals surface area (Å²) in [5.74, 6) is -2.03. The van der Waals surface area contributed by atoms with Crippen molar-refractivity contribution < 1.29 is 28.6 Å². The summed E-state index contributed by atoms with van der Waals surface area (Å²) in [5.41, 5.74) is 0. The molecule has 1 heterocycles. The van der Waals surface area contributed by atoms with Crippen LogP contribution in [-0.2, 0) is 28.6 Å². The molecule has 114 valence electrons. The van der Waals surface area contributed by atoms with E-state index in [9.17, 15) is 14.4 Å². The Kier molecular flexibility index (Phi) is 6.44. The van der Waals surface area contributed by atoms with Crippen molar-refractivity contribution in [3.63, 3.8) is 0 Å². The van der Waals surface area contributed by atoms with Crippen molar-refractivity contribution in [3.05, 3.63) is 0 Å². The molecule has 7 heteroatoms. The number of ether oxygens (including phenoxy) is 3. The van der Waals surface area contributed by atoms with Gasteiger partial charge in [0.25, 0.3) is 0 Å². The van der Waals surface area contributed by atoms with E-state index < -0.39 is 23.9 Å². The molecule has 0 unspecified atom stereocenters. The summed E-state index contributed by atoms with van der Waals surface area (Å²) in [6, 6.07) is -0.859. The zero-order valence-electron chi connectivity index (χ0n) is 12.0. The summed E-state index contributed by atoms with van der Waals surface area (Å²) < 4.78 is 14.4. The van der Waals surface area contributed by atoms with Crippen molar-refractivity contribution in [1.29, 1.82) is 0 Å². The van der Waals surface area contributed by atoms with Crippen LogP contribution in [0.2, 0.25) is 0 Å². The number of methoxy groups -OCH3 is 2. The molecule has 7 nitrogen and oxygen atoms in total.